The number of hydrogen-bond donors (Lipinski definition) is 2. The smallest absolute Gasteiger partial charge is 0.375 e. The molecule has 1 unspecified atom stereocenters. The Morgan fingerprint density at radius 2 is 1.97 bits per heavy atom. The van der Waals surface area contributed by atoms with Crippen LogP contribution in [0.3, 0.4) is 0 Å². The average Bonchev–Trinajstić information content (AvgIpc) is 3.57. The molecule has 1 saturated carbocycles. The van der Waals surface area contributed by atoms with Crippen LogP contribution in [0.15, 0.2) is 35.9 Å². The van der Waals surface area contributed by atoms with E-state index in [9.17, 15) is 30.8 Å². The van der Waals surface area contributed by atoms with E-state index in [4.69, 9.17) is 11.6 Å². The third-order valence-electron chi connectivity index (χ3n) is 4.95. The molecule has 1 aliphatic carbocycles. The maximum atomic E-state index is 13.9. The summed E-state index contributed by atoms with van der Waals surface area (Å²) in [6.45, 7) is 1.43. The number of nitrogens with one attached hydrogen (secondary N) is 2. The molecule has 34 heavy (non-hydrogen) atoms. The van der Waals surface area contributed by atoms with Gasteiger partial charge in [0, 0.05) is 17.7 Å². The van der Waals surface area contributed by atoms with Crippen molar-refractivity contribution in [3.63, 3.8) is 0 Å². The summed E-state index contributed by atoms with van der Waals surface area (Å²) < 4.78 is 77.7. The Hall–Kier alpha value is -2.73. The lowest BCUT2D eigenvalue weighted by atomic mass is 10.0. The number of anilines is 1. The minimum absolute atomic E-state index is 0.0640. The first-order valence-corrected chi connectivity index (χ1v) is 12.4. The third-order valence-corrected chi connectivity index (χ3v) is 6.00. The predicted molar refractivity (Wildman–Crippen MR) is 118 cm³/mol. The Bertz CT molecular complexity index is 1220. The molecule has 1 aromatic heterocycles. The van der Waals surface area contributed by atoms with Crippen LogP contribution in [0.5, 0.6) is 0 Å². The lowest BCUT2D eigenvalue weighted by Crippen LogP contribution is -2.33. The summed E-state index contributed by atoms with van der Waals surface area (Å²) in [6.07, 6.45) is -0.546. The molecule has 2 N–H and O–H groups in total. The number of carbonyl (C=O) groups excluding carboxylic acids is 1. The Morgan fingerprint density at radius 3 is 2.56 bits per heavy atom. The summed E-state index contributed by atoms with van der Waals surface area (Å²) in [5.41, 5.74) is -1.54. The van der Waals surface area contributed by atoms with E-state index in [1.54, 1.807) is 0 Å². The van der Waals surface area contributed by atoms with Crippen LogP contribution in [0.25, 0.3) is 0 Å². The van der Waals surface area contributed by atoms with Gasteiger partial charge in [0.15, 0.2) is 15.5 Å². The summed E-state index contributed by atoms with van der Waals surface area (Å²) in [5, 5.41) is 5.73. The first-order valence-electron chi connectivity index (χ1n) is 10.1. The van der Waals surface area contributed by atoms with Crippen LogP contribution >= 0.6 is 11.6 Å². The Morgan fingerprint density at radius 1 is 1.29 bits per heavy atom. The lowest BCUT2D eigenvalue weighted by Gasteiger charge is -2.23. The van der Waals surface area contributed by atoms with Gasteiger partial charge in [-0.15, -0.1) is 0 Å². The van der Waals surface area contributed by atoms with Gasteiger partial charge in [-0.3, -0.25) is 4.79 Å². The number of carbonyl (C=O) groups is 1. The van der Waals surface area contributed by atoms with Crippen LogP contribution in [-0.2, 0) is 16.0 Å². The van der Waals surface area contributed by atoms with Crippen molar-refractivity contribution < 1.29 is 30.8 Å². The van der Waals surface area contributed by atoms with Gasteiger partial charge in [0.05, 0.1) is 22.9 Å². The normalized spacial score (nSPS) is 16.3. The molecule has 2 atom stereocenters. The summed E-state index contributed by atoms with van der Waals surface area (Å²) in [7, 11) is -3.45. The molecule has 2 aromatic rings. The van der Waals surface area contributed by atoms with E-state index >= 15 is 0 Å². The zero-order valence-corrected chi connectivity index (χ0v) is 19.6. The zero-order valence-electron chi connectivity index (χ0n) is 18.0. The summed E-state index contributed by atoms with van der Waals surface area (Å²) in [4.78, 5) is 19.5. The molecule has 0 saturated heterocycles. The largest absolute Gasteiger partial charge is 0.435 e. The second-order valence-electron chi connectivity index (χ2n) is 7.98. The summed E-state index contributed by atoms with van der Waals surface area (Å²) in [6, 6.07) is 2.57. The number of sulfone groups is 1. The van der Waals surface area contributed by atoms with E-state index in [1.165, 1.54) is 19.1 Å². The molecular formula is C21H21ClF4N4O3S. The molecule has 184 valence electrons. The van der Waals surface area contributed by atoms with Crippen molar-refractivity contribution in [1.82, 2.24) is 15.3 Å². The van der Waals surface area contributed by atoms with E-state index in [0.29, 0.717) is 18.4 Å². The number of aromatic nitrogens is 2. The number of benzene rings is 1. The first kappa shape index (κ1) is 25.9. The van der Waals surface area contributed by atoms with E-state index < -0.39 is 57.0 Å². The molecule has 13 heteroatoms. The lowest BCUT2D eigenvalue weighted by molar-refractivity contribution is -0.140. The molecule has 1 fully saturated rings. The molecule has 7 nitrogen and oxygen atoms in total. The molecule has 0 spiro atoms. The maximum absolute atomic E-state index is 13.9. The van der Waals surface area contributed by atoms with Gasteiger partial charge in [-0.1, -0.05) is 29.8 Å². The van der Waals surface area contributed by atoms with Crippen LogP contribution in [-0.4, -0.2) is 36.6 Å². The molecule has 0 radical (unpaired) electrons. The monoisotopic (exact) mass is 520 g/mol. The molecule has 1 aromatic carbocycles. The molecule has 1 aliphatic rings. The van der Waals surface area contributed by atoms with Gasteiger partial charge in [-0.05, 0) is 37.3 Å². The van der Waals surface area contributed by atoms with E-state index in [1.807, 2.05) is 0 Å². The molecule has 0 aliphatic heterocycles. The predicted octanol–water partition coefficient (Wildman–Crippen LogP) is 4.53. The number of rotatable bonds is 8. The van der Waals surface area contributed by atoms with Gasteiger partial charge in [-0.2, -0.15) is 13.2 Å². The number of alkyl halides is 3. The molecule has 0 bridgehead atoms. The minimum atomic E-state index is -4.93. The molecule has 1 amide bonds. The highest BCUT2D eigenvalue weighted by Gasteiger charge is 2.40. The molecule has 1 heterocycles. The summed E-state index contributed by atoms with van der Waals surface area (Å²) in [5.74, 6) is -2.52. The Kier molecular flexibility index (Phi) is 7.51. The number of nitrogens with zero attached hydrogens (tertiary/aromatic N) is 2. The van der Waals surface area contributed by atoms with Gasteiger partial charge in [0.25, 0.3) is 5.91 Å². The quantitative estimate of drug-likeness (QED) is 0.496. The maximum Gasteiger partial charge on any atom is 0.435 e. The van der Waals surface area contributed by atoms with E-state index in [-0.39, 0.29) is 10.9 Å². The van der Waals surface area contributed by atoms with Gasteiger partial charge in [0.1, 0.15) is 5.82 Å². The standard InChI is InChI=1S/C21H21ClF4N4O3S/c1-11(8-9-34(2,32)33)28-20(31)19-27-10-15(18(30-19)21(24,25)26)29-17(12-6-7-12)13-4-3-5-14(23)16(13)22/h3-5,8-12,17,29H,6-7H2,1-2H3,(H,28,31)/b9-8+/t11-,17?/m1/s1. The first-order chi connectivity index (χ1) is 15.8. The van der Waals surface area contributed by atoms with E-state index in [2.05, 4.69) is 20.6 Å². The summed E-state index contributed by atoms with van der Waals surface area (Å²) >= 11 is 6.06. The fourth-order valence-corrected chi connectivity index (χ4v) is 3.96. The number of hydrogen-bond acceptors (Lipinski definition) is 6. The van der Waals surface area contributed by atoms with Gasteiger partial charge >= 0.3 is 6.18 Å². The van der Waals surface area contributed by atoms with Gasteiger partial charge in [0.2, 0.25) is 5.82 Å². The van der Waals surface area contributed by atoms with Crippen molar-refractivity contribution in [3.8, 4) is 0 Å². The highest BCUT2D eigenvalue weighted by molar-refractivity contribution is 7.93. The van der Waals surface area contributed by atoms with Crippen LogP contribution < -0.4 is 10.6 Å². The Labute approximate surface area is 198 Å². The van der Waals surface area contributed by atoms with Crippen molar-refractivity contribution in [2.24, 2.45) is 5.92 Å². The number of halogens is 5. The topological polar surface area (TPSA) is 101 Å². The van der Waals surface area contributed by atoms with Crippen molar-refractivity contribution in [2.75, 3.05) is 11.6 Å². The van der Waals surface area contributed by atoms with Gasteiger partial charge in [-0.25, -0.2) is 22.8 Å². The van der Waals surface area contributed by atoms with Crippen molar-refractivity contribution in [3.05, 3.63) is 63.8 Å². The third kappa shape index (κ3) is 6.66. The van der Waals surface area contributed by atoms with Crippen molar-refractivity contribution in [1.29, 1.82) is 0 Å². The Balaban J connectivity index is 1.89. The fraction of sp³-hybridized carbons (Fsp3) is 0.381. The van der Waals surface area contributed by atoms with Crippen LogP contribution in [0, 0.1) is 11.7 Å². The average molecular weight is 521 g/mol. The van der Waals surface area contributed by atoms with Crippen molar-refractivity contribution >= 4 is 33.0 Å². The SMILES string of the molecule is C[C@H](/C=C/S(C)(=O)=O)NC(=O)c1ncc(NC(c2cccc(F)c2Cl)C2CC2)c(C(F)(F)F)n1. The second-order valence-corrected chi connectivity index (χ2v) is 10.3. The molecular weight excluding hydrogens is 500 g/mol. The van der Waals surface area contributed by atoms with Crippen LogP contribution in [0.4, 0.5) is 23.2 Å². The molecule has 3 rings (SSSR count). The van der Waals surface area contributed by atoms with Crippen LogP contribution in [0.2, 0.25) is 5.02 Å². The minimum Gasteiger partial charge on any atom is -0.375 e. The number of amides is 1. The zero-order chi connectivity index (χ0) is 25.3. The highest BCUT2D eigenvalue weighted by atomic mass is 35.5. The van der Waals surface area contributed by atoms with Gasteiger partial charge < -0.3 is 10.6 Å². The fourth-order valence-electron chi connectivity index (χ4n) is 3.20. The second kappa shape index (κ2) is 9.87. The van der Waals surface area contributed by atoms with Crippen LogP contribution in [0.1, 0.15) is 47.7 Å². The highest BCUT2D eigenvalue weighted by Crippen LogP contribution is 2.46. The van der Waals surface area contributed by atoms with E-state index in [0.717, 1.165) is 30.0 Å². The van der Waals surface area contributed by atoms with Crippen molar-refractivity contribution in [2.45, 2.75) is 38.0 Å².